The maximum atomic E-state index is 0. The maximum absolute atomic E-state index is 0. The molecule has 0 aliphatic heterocycles. The van der Waals surface area contributed by atoms with Crippen molar-refractivity contribution in [2.75, 3.05) is 0 Å². The molecule has 4 heavy (non-hydrogen) atoms. The van der Waals surface area contributed by atoms with Gasteiger partial charge in [-0.1, -0.05) is 0 Å². The van der Waals surface area contributed by atoms with Gasteiger partial charge in [0.15, 0.2) is 0 Å². The maximum Gasteiger partial charge on any atom is 0.146 e. The average Bonchev–Trinajstić information content (AvgIpc) is 0. The van der Waals surface area contributed by atoms with Crippen LogP contribution in [0.5, 0.6) is 0 Å². The first-order valence-corrected chi connectivity index (χ1v) is 0. The minimum atomic E-state index is 0. The second-order valence-corrected chi connectivity index (χ2v) is 0. The summed E-state index contributed by atoms with van der Waals surface area (Å²) in [6.45, 7) is 0. The normalized spacial score (nSPS) is 0. The van der Waals surface area contributed by atoms with Gasteiger partial charge in [-0.3, -0.25) is 0 Å². The van der Waals surface area contributed by atoms with Gasteiger partial charge in [0.1, 0.15) is 17.4 Å². The first kappa shape index (κ1) is 35.9. The summed E-state index contributed by atoms with van der Waals surface area (Å²) < 4.78 is 0. The largest absolute Gasteiger partial charge is 0.146 e. The minimum Gasteiger partial charge on any atom is 0 e. The molecule has 0 nitrogen and oxygen atoms in total. The van der Waals surface area contributed by atoms with Crippen LogP contribution in [0.1, 0.15) is 0 Å². The molecule has 0 aliphatic rings. The predicted molar refractivity (Wildman–Crippen MR) is 14.3 cm³/mol. The topological polar surface area (TPSA) is 0 Å². The zero-order chi connectivity index (χ0) is 0. The van der Waals surface area contributed by atoms with Crippen LogP contribution < -0.4 is 0 Å². The van der Waals surface area contributed by atoms with Crippen LogP contribution in [0.2, 0.25) is 0 Å². The van der Waals surface area contributed by atoms with Crippen molar-refractivity contribution in [1.29, 1.82) is 0 Å². The fourth-order valence-electron chi connectivity index (χ4n) is 0. The zero-order valence-electron chi connectivity index (χ0n) is 2.78. The first-order valence-electron chi connectivity index (χ1n) is 0. The Morgan fingerprint density at radius 3 is 1.00 bits per heavy atom. The molecular formula is H2AlBZnZr. The third-order valence-electron chi connectivity index (χ3n) is 0. The van der Waals surface area contributed by atoms with E-state index in [4.69, 9.17) is 0 Å². The summed E-state index contributed by atoms with van der Waals surface area (Å²) in [5.74, 6) is 0. The molecule has 0 N–H and O–H groups in total. The van der Waals surface area contributed by atoms with E-state index in [1.54, 1.807) is 0 Å². The molecule has 0 unspecified atom stereocenters. The molecule has 0 heterocycles. The van der Waals surface area contributed by atoms with Crippen LogP contribution in [-0.2, 0) is 45.7 Å². The van der Waals surface area contributed by atoms with Crippen molar-refractivity contribution < 1.29 is 45.7 Å². The summed E-state index contributed by atoms with van der Waals surface area (Å²) in [5, 5.41) is 0. The van der Waals surface area contributed by atoms with Crippen LogP contribution in [0.15, 0.2) is 0 Å². The van der Waals surface area contributed by atoms with Gasteiger partial charge >= 0.3 is 0 Å². The molecule has 0 aromatic rings. The van der Waals surface area contributed by atoms with E-state index in [2.05, 4.69) is 0 Å². The van der Waals surface area contributed by atoms with Crippen molar-refractivity contribution in [1.82, 2.24) is 0 Å². The van der Waals surface area contributed by atoms with E-state index in [1.807, 2.05) is 0 Å². The van der Waals surface area contributed by atoms with Crippen molar-refractivity contribution >= 4 is 25.8 Å². The number of hydrogen-bond acceptors (Lipinski definition) is 0. The summed E-state index contributed by atoms with van der Waals surface area (Å²) in [7, 11) is 0. The van der Waals surface area contributed by atoms with Crippen LogP contribution >= 0.6 is 0 Å². The van der Waals surface area contributed by atoms with E-state index in [-0.39, 0.29) is 71.5 Å². The van der Waals surface area contributed by atoms with E-state index in [1.165, 1.54) is 0 Å². The van der Waals surface area contributed by atoms with Crippen molar-refractivity contribution in [3.63, 3.8) is 0 Å². The molecule has 0 saturated heterocycles. The van der Waals surface area contributed by atoms with Gasteiger partial charge in [0.05, 0.1) is 0 Å². The Balaban J connectivity index is 0. The molecule has 0 saturated carbocycles. The SMILES string of the molecule is [AlH2].[B].[Zn].[Zr]. The molecule has 0 atom stereocenters. The van der Waals surface area contributed by atoms with Gasteiger partial charge in [-0.15, -0.1) is 0 Å². The molecule has 0 fully saturated rings. The van der Waals surface area contributed by atoms with Gasteiger partial charge in [0.25, 0.3) is 0 Å². The Labute approximate surface area is 70.7 Å². The predicted octanol–water partition coefficient (Wildman–Crippen LogP) is -1.30. The Morgan fingerprint density at radius 1 is 1.00 bits per heavy atom. The molecule has 14 valence electrons. The molecular weight excluding hydrogens is 194 g/mol. The van der Waals surface area contributed by atoms with Crippen LogP contribution in [0, 0.1) is 0 Å². The molecule has 4 heteroatoms. The van der Waals surface area contributed by atoms with Crippen LogP contribution in [-0.4, -0.2) is 25.8 Å². The van der Waals surface area contributed by atoms with Crippen LogP contribution in [0.3, 0.4) is 0 Å². The fourth-order valence-corrected chi connectivity index (χ4v) is 0. The summed E-state index contributed by atoms with van der Waals surface area (Å²) in [6, 6.07) is 0. The Morgan fingerprint density at radius 2 is 1.00 bits per heavy atom. The molecule has 4 radical (unpaired) electrons. The van der Waals surface area contributed by atoms with E-state index in [0.29, 0.717) is 0 Å². The second-order valence-electron chi connectivity index (χ2n) is 0. The van der Waals surface area contributed by atoms with Gasteiger partial charge in [0, 0.05) is 54.1 Å². The Hall–Kier alpha value is 2.10. The summed E-state index contributed by atoms with van der Waals surface area (Å²) in [4.78, 5) is 0. The van der Waals surface area contributed by atoms with Gasteiger partial charge in [-0.05, 0) is 0 Å². The Kier molecular flexibility index (Phi) is 174. The third kappa shape index (κ3) is 8.93. The molecule has 0 aromatic heterocycles. The second kappa shape index (κ2) is 19.4. The number of hydrogen-bond donors (Lipinski definition) is 0. The molecule has 0 rings (SSSR count). The zero-order valence-corrected chi connectivity index (χ0v) is 10.2. The summed E-state index contributed by atoms with van der Waals surface area (Å²) in [6.07, 6.45) is 0. The van der Waals surface area contributed by atoms with Crippen molar-refractivity contribution in [3.05, 3.63) is 0 Å². The number of rotatable bonds is 0. The molecule has 0 spiro atoms. The van der Waals surface area contributed by atoms with Gasteiger partial charge in [-0.2, -0.15) is 0 Å². The van der Waals surface area contributed by atoms with Crippen molar-refractivity contribution in [2.45, 2.75) is 0 Å². The quantitative estimate of drug-likeness (QED) is 0.423. The van der Waals surface area contributed by atoms with E-state index < -0.39 is 0 Å². The smallest absolute Gasteiger partial charge is 0 e. The van der Waals surface area contributed by atoms with Gasteiger partial charge in [0.2, 0.25) is 0 Å². The molecule has 0 amide bonds. The summed E-state index contributed by atoms with van der Waals surface area (Å²) >= 11 is 0. The van der Waals surface area contributed by atoms with Crippen LogP contribution in [0.25, 0.3) is 0 Å². The van der Waals surface area contributed by atoms with Crippen molar-refractivity contribution in [2.24, 2.45) is 0 Å². The standard InChI is InChI=1S/Al.B.Zn.Zr.2H. The summed E-state index contributed by atoms with van der Waals surface area (Å²) in [5.41, 5.74) is 0. The molecule has 0 aliphatic carbocycles. The van der Waals surface area contributed by atoms with Crippen molar-refractivity contribution in [3.8, 4) is 0 Å². The monoisotopic (exact) mass is 194 g/mol. The first-order chi connectivity index (χ1) is 0. The van der Waals surface area contributed by atoms with Gasteiger partial charge in [-0.25, -0.2) is 0 Å². The van der Waals surface area contributed by atoms with Gasteiger partial charge < -0.3 is 0 Å². The molecule has 0 aromatic carbocycles. The van der Waals surface area contributed by atoms with Crippen LogP contribution in [0.4, 0.5) is 0 Å². The van der Waals surface area contributed by atoms with E-state index in [0.717, 1.165) is 0 Å². The van der Waals surface area contributed by atoms with E-state index >= 15 is 0 Å². The average molecular weight is 196 g/mol. The van der Waals surface area contributed by atoms with E-state index in [9.17, 15) is 0 Å². The Bertz CT molecular complexity index is 8.00. The minimum absolute atomic E-state index is 0. The fraction of sp³-hybridized carbons (Fsp3) is 0. The molecule has 0 bridgehead atoms. The third-order valence-corrected chi connectivity index (χ3v) is 0.